The number of Topliss-reactive ketones (excluding diaryl/α,β-unsaturated/α-hetero) is 1. The summed E-state index contributed by atoms with van der Waals surface area (Å²) in [7, 11) is -0.466. The van der Waals surface area contributed by atoms with Crippen LogP contribution in [0.15, 0.2) is 70.9 Å². The second-order valence-corrected chi connectivity index (χ2v) is 23.6. The summed E-state index contributed by atoms with van der Waals surface area (Å²) < 4.78 is 46.0. The normalized spacial score (nSPS) is 20.0. The molecule has 0 radical (unpaired) electrons. The molecular weight excluding hydrogens is 932 g/mol. The standard InChI is InChI=1S/C48H61FN8O8S3/c1-32(58)6-5-23-65-37-10-11-38-42(15-25-68(63,64)43(38)27-37)53-54-44(59)29-48(2,3)67-66-24-14-45(60)56-21-19-55(20-22-56)36-12-17-57(18-13-36)47(62)51-31-34-8-9-35(26-41(34)49)52-46(61)40-28-39(40)33-7-4-16-50-30-33/h4,7-11,16,26-27,30,36,39-40H,5-6,12-15,17-25,28-29,31H2,1-3H3,(H,51,62)(H,52,61)(H,54,59)/b53-42+. The number of aromatic nitrogens is 1. The maximum Gasteiger partial charge on any atom is 0.317 e. The lowest BCUT2D eigenvalue weighted by Crippen LogP contribution is -2.55. The van der Waals surface area contributed by atoms with E-state index in [4.69, 9.17) is 4.74 Å². The van der Waals surface area contributed by atoms with Crippen molar-refractivity contribution in [3.63, 3.8) is 0 Å². The second-order valence-electron chi connectivity index (χ2n) is 18.4. The highest BCUT2D eigenvalue weighted by Crippen LogP contribution is 2.47. The summed E-state index contributed by atoms with van der Waals surface area (Å²) in [5.41, 5.74) is 5.25. The molecule has 0 spiro atoms. The smallest absolute Gasteiger partial charge is 0.317 e. The molecule has 3 fully saturated rings. The van der Waals surface area contributed by atoms with Gasteiger partial charge in [0.15, 0.2) is 9.84 Å². The summed E-state index contributed by atoms with van der Waals surface area (Å²) in [6.45, 7) is 9.70. The van der Waals surface area contributed by atoms with Gasteiger partial charge >= 0.3 is 6.03 Å². The predicted octanol–water partition coefficient (Wildman–Crippen LogP) is 6.17. The van der Waals surface area contributed by atoms with Crippen LogP contribution in [0.25, 0.3) is 0 Å². The van der Waals surface area contributed by atoms with Gasteiger partial charge in [0.25, 0.3) is 0 Å². The first kappa shape index (κ1) is 50.8. The number of carbonyl (C=O) groups excluding carboxylic acids is 5. The Kier molecular flexibility index (Phi) is 17.2. The number of pyridine rings is 1. The summed E-state index contributed by atoms with van der Waals surface area (Å²) in [4.78, 5) is 73.4. The number of amides is 5. The lowest BCUT2D eigenvalue weighted by atomic mass is 10.0. The number of halogens is 1. The van der Waals surface area contributed by atoms with E-state index < -0.39 is 20.4 Å². The molecule has 20 heteroatoms. The molecule has 3 aliphatic heterocycles. The molecule has 0 bridgehead atoms. The van der Waals surface area contributed by atoms with Crippen molar-refractivity contribution in [2.75, 3.05) is 62.7 Å². The molecule has 1 aromatic heterocycles. The minimum Gasteiger partial charge on any atom is -0.494 e. The van der Waals surface area contributed by atoms with Crippen LogP contribution in [-0.2, 0) is 35.6 Å². The Hall–Kier alpha value is -5.05. The third-order valence-electron chi connectivity index (χ3n) is 12.7. The van der Waals surface area contributed by atoms with Crippen LogP contribution in [0, 0.1) is 11.7 Å². The summed E-state index contributed by atoms with van der Waals surface area (Å²) >= 11 is 0. The molecule has 7 rings (SSSR count). The van der Waals surface area contributed by atoms with Crippen molar-refractivity contribution < 1.29 is 41.5 Å². The number of nitrogens with zero attached hydrogens (tertiary/aromatic N) is 5. The Labute approximate surface area is 405 Å². The molecule has 2 saturated heterocycles. The highest BCUT2D eigenvalue weighted by atomic mass is 33.1. The number of nitrogens with one attached hydrogen (secondary N) is 3. The molecule has 68 heavy (non-hydrogen) atoms. The van der Waals surface area contributed by atoms with Gasteiger partial charge in [-0.15, -0.1) is 0 Å². The van der Waals surface area contributed by atoms with E-state index in [1.807, 2.05) is 30.9 Å². The number of sulfone groups is 1. The number of hydrazone groups is 1. The molecule has 2 aromatic carbocycles. The number of rotatable bonds is 19. The van der Waals surface area contributed by atoms with E-state index in [2.05, 4.69) is 31.0 Å². The summed E-state index contributed by atoms with van der Waals surface area (Å²) in [6, 6.07) is 13.2. The highest BCUT2D eigenvalue weighted by molar-refractivity contribution is 8.77. The maximum atomic E-state index is 15.0. The van der Waals surface area contributed by atoms with Crippen LogP contribution in [0.4, 0.5) is 14.9 Å². The number of fused-ring (bicyclic) bond motifs is 1. The van der Waals surface area contributed by atoms with Gasteiger partial charge in [-0.1, -0.05) is 33.7 Å². The number of piperazine rings is 1. The quantitative estimate of drug-likeness (QED) is 0.0703. The van der Waals surface area contributed by atoms with Gasteiger partial charge in [0, 0.05) is 123 Å². The SMILES string of the molecule is CC(=O)CCCOc1ccc2c(c1)S(=O)(=O)CC/C2=N\NC(=O)CC(C)(C)SSCCC(=O)N1CCN(C2CCN(C(=O)NCc3ccc(NC(=O)C4CC4c4cccnc4)cc3F)CC2)CC1. The van der Waals surface area contributed by atoms with Gasteiger partial charge in [0.05, 0.1) is 23.0 Å². The molecule has 3 N–H and O–H groups in total. The van der Waals surface area contributed by atoms with Gasteiger partial charge in [-0.3, -0.25) is 24.3 Å². The van der Waals surface area contributed by atoms with E-state index in [-0.39, 0.29) is 78.0 Å². The topological polar surface area (TPSA) is 200 Å². The molecule has 4 heterocycles. The van der Waals surface area contributed by atoms with Crippen molar-refractivity contribution in [2.24, 2.45) is 11.0 Å². The average molecular weight is 993 g/mol. The zero-order valence-corrected chi connectivity index (χ0v) is 41.3. The molecule has 4 aliphatic rings. The average Bonchev–Trinajstić information content (AvgIpc) is 4.13. The largest absolute Gasteiger partial charge is 0.494 e. The van der Waals surface area contributed by atoms with Crippen molar-refractivity contribution in [3.8, 4) is 5.75 Å². The Morgan fingerprint density at radius 1 is 0.971 bits per heavy atom. The van der Waals surface area contributed by atoms with Crippen molar-refractivity contribution in [3.05, 3.63) is 83.4 Å². The number of hydrogen-bond donors (Lipinski definition) is 3. The molecule has 5 amide bonds. The monoisotopic (exact) mass is 992 g/mol. The molecule has 16 nitrogen and oxygen atoms in total. The van der Waals surface area contributed by atoms with E-state index >= 15 is 4.39 Å². The van der Waals surface area contributed by atoms with Crippen LogP contribution < -0.4 is 20.8 Å². The minimum absolute atomic E-state index is 0.0309. The number of hydrogen-bond acceptors (Lipinski definition) is 13. The Balaban J connectivity index is 0.753. The molecular formula is C48H61FN8O8S3. The number of ether oxygens (including phenoxy) is 1. The Bertz CT molecular complexity index is 2460. The zero-order valence-electron chi connectivity index (χ0n) is 38.8. The van der Waals surface area contributed by atoms with Crippen LogP contribution in [-0.4, -0.2) is 132 Å². The molecule has 2 atom stereocenters. The highest BCUT2D eigenvalue weighted by Gasteiger charge is 2.44. The fraction of sp³-hybridized carbons (Fsp3) is 0.521. The van der Waals surface area contributed by atoms with E-state index in [1.54, 1.807) is 52.4 Å². The van der Waals surface area contributed by atoms with Gasteiger partial charge in [-0.05, 0) is 94.3 Å². The minimum atomic E-state index is -3.55. The van der Waals surface area contributed by atoms with Gasteiger partial charge in [0.1, 0.15) is 17.3 Å². The fourth-order valence-electron chi connectivity index (χ4n) is 8.77. The molecule has 1 aliphatic carbocycles. The Morgan fingerprint density at radius 3 is 2.47 bits per heavy atom. The van der Waals surface area contributed by atoms with Crippen molar-refractivity contribution in [1.82, 2.24) is 30.4 Å². The van der Waals surface area contributed by atoms with Crippen LogP contribution in [0.1, 0.15) is 94.7 Å². The maximum absolute atomic E-state index is 15.0. The van der Waals surface area contributed by atoms with Crippen molar-refractivity contribution in [1.29, 1.82) is 0 Å². The number of urea groups is 1. The van der Waals surface area contributed by atoms with Crippen molar-refractivity contribution >= 4 is 72.4 Å². The first-order valence-electron chi connectivity index (χ1n) is 23.2. The molecule has 2 unspecified atom stereocenters. The number of anilines is 1. The van der Waals surface area contributed by atoms with E-state index in [0.717, 1.165) is 37.9 Å². The van der Waals surface area contributed by atoms with Crippen LogP contribution in [0.2, 0.25) is 0 Å². The number of carbonyl (C=O) groups is 5. The van der Waals surface area contributed by atoms with Crippen molar-refractivity contribution in [2.45, 2.75) is 100 Å². The van der Waals surface area contributed by atoms with Gasteiger partial charge in [0.2, 0.25) is 17.7 Å². The molecule has 1 saturated carbocycles. The van der Waals surface area contributed by atoms with E-state index in [1.165, 1.54) is 29.9 Å². The predicted molar refractivity (Wildman–Crippen MR) is 262 cm³/mol. The van der Waals surface area contributed by atoms with Gasteiger partial charge in [-0.25, -0.2) is 23.0 Å². The van der Waals surface area contributed by atoms with Crippen LogP contribution in [0.5, 0.6) is 5.75 Å². The fourth-order valence-corrected chi connectivity index (χ4v) is 12.8. The van der Waals surface area contributed by atoms with E-state index in [0.29, 0.717) is 85.5 Å². The number of piperidine rings is 1. The summed E-state index contributed by atoms with van der Waals surface area (Å²) in [5.74, 6) is 0.0147. The lowest BCUT2D eigenvalue weighted by molar-refractivity contribution is -0.133. The first-order chi connectivity index (χ1) is 32.5. The summed E-state index contributed by atoms with van der Waals surface area (Å²) in [6.07, 6.45) is 7.44. The number of likely N-dealkylation sites (tertiary alicyclic amines) is 1. The van der Waals surface area contributed by atoms with Crippen LogP contribution >= 0.6 is 21.6 Å². The third kappa shape index (κ3) is 14.0. The zero-order chi connectivity index (χ0) is 48.4. The lowest BCUT2D eigenvalue weighted by Gasteiger charge is -2.42. The second kappa shape index (κ2) is 23.0. The third-order valence-corrected chi connectivity index (χ3v) is 17.7. The van der Waals surface area contributed by atoms with Crippen LogP contribution in [0.3, 0.4) is 0 Å². The molecule has 3 aromatic rings. The summed E-state index contributed by atoms with van der Waals surface area (Å²) in [5, 5.41) is 9.98. The van der Waals surface area contributed by atoms with E-state index in [9.17, 15) is 32.4 Å². The van der Waals surface area contributed by atoms with Gasteiger partial charge < -0.3 is 30.0 Å². The Morgan fingerprint density at radius 2 is 1.75 bits per heavy atom. The first-order valence-corrected chi connectivity index (χ1v) is 27.2. The molecule has 366 valence electrons. The number of ketones is 1. The number of benzene rings is 2. The van der Waals surface area contributed by atoms with Gasteiger partial charge in [-0.2, -0.15) is 5.10 Å².